The van der Waals surface area contributed by atoms with E-state index in [-0.39, 0.29) is 0 Å². The zero-order valence-corrected chi connectivity index (χ0v) is 8.82. The van der Waals surface area contributed by atoms with Crippen LogP contribution in [0.5, 0.6) is 0 Å². The molecule has 0 amide bonds. The summed E-state index contributed by atoms with van der Waals surface area (Å²) in [5.41, 5.74) is 3.48. The fourth-order valence-electron chi connectivity index (χ4n) is 1.96. The van der Waals surface area contributed by atoms with Crippen molar-refractivity contribution >= 4 is 21.9 Å². The Labute approximate surface area is 92.7 Å². The second-order valence-electron chi connectivity index (χ2n) is 3.92. The number of rotatable bonds is 0. The molecule has 0 atom stereocenters. The van der Waals surface area contributed by atoms with Gasteiger partial charge in [0.15, 0.2) is 0 Å². The summed E-state index contributed by atoms with van der Waals surface area (Å²) < 4.78 is 5.70. The molecule has 0 spiro atoms. The summed E-state index contributed by atoms with van der Waals surface area (Å²) in [5, 5.41) is 11.0. The van der Waals surface area contributed by atoms with E-state index in [4.69, 9.17) is 9.68 Å². The van der Waals surface area contributed by atoms with Crippen molar-refractivity contribution in [3.63, 3.8) is 0 Å². The van der Waals surface area contributed by atoms with Crippen molar-refractivity contribution in [1.29, 1.82) is 5.26 Å². The molecule has 2 nitrogen and oxygen atoms in total. The summed E-state index contributed by atoms with van der Waals surface area (Å²) in [6.45, 7) is 2.06. The third kappa shape index (κ3) is 1.19. The molecule has 0 fully saturated rings. The molecule has 2 heteroatoms. The van der Waals surface area contributed by atoms with Gasteiger partial charge in [-0.05, 0) is 37.3 Å². The SMILES string of the molecule is Cc1ccc2oc3cc(C#N)ccc3c2c1. The number of furan rings is 1. The molecule has 2 aromatic carbocycles. The van der Waals surface area contributed by atoms with E-state index in [1.807, 2.05) is 24.3 Å². The molecular formula is C14H9NO. The Morgan fingerprint density at radius 3 is 2.69 bits per heavy atom. The average Bonchev–Trinajstić information content (AvgIpc) is 2.66. The lowest BCUT2D eigenvalue weighted by Gasteiger charge is -1.91. The quantitative estimate of drug-likeness (QED) is 0.562. The molecule has 0 aliphatic heterocycles. The van der Waals surface area contributed by atoms with Gasteiger partial charge in [0.05, 0.1) is 11.6 Å². The van der Waals surface area contributed by atoms with Crippen LogP contribution in [0.2, 0.25) is 0 Å². The summed E-state index contributed by atoms with van der Waals surface area (Å²) in [7, 11) is 0. The third-order valence-electron chi connectivity index (χ3n) is 2.76. The van der Waals surface area contributed by atoms with Crippen LogP contribution in [-0.4, -0.2) is 0 Å². The van der Waals surface area contributed by atoms with Crippen LogP contribution in [0.15, 0.2) is 40.8 Å². The molecule has 0 unspecified atom stereocenters. The highest BCUT2D eigenvalue weighted by atomic mass is 16.3. The lowest BCUT2D eigenvalue weighted by molar-refractivity contribution is 0.668. The van der Waals surface area contributed by atoms with Crippen molar-refractivity contribution in [2.75, 3.05) is 0 Å². The van der Waals surface area contributed by atoms with Crippen LogP contribution in [0.25, 0.3) is 21.9 Å². The van der Waals surface area contributed by atoms with Crippen molar-refractivity contribution in [1.82, 2.24) is 0 Å². The van der Waals surface area contributed by atoms with Gasteiger partial charge in [0.25, 0.3) is 0 Å². The summed E-state index contributed by atoms with van der Waals surface area (Å²) in [6, 6.07) is 13.8. The average molecular weight is 207 g/mol. The zero-order chi connectivity index (χ0) is 11.1. The normalized spacial score (nSPS) is 10.8. The van der Waals surface area contributed by atoms with Gasteiger partial charge in [-0.25, -0.2) is 0 Å². The highest BCUT2D eigenvalue weighted by Gasteiger charge is 2.07. The summed E-state index contributed by atoms with van der Waals surface area (Å²) in [5.74, 6) is 0. The van der Waals surface area contributed by atoms with Gasteiger partial charge in [-0.3, -0.25) is 0 Å². The zero-order valence-electron chi connectivity index (χ0n) is 8.82. The molecule has 0 aliphatic rings. The lowest BCUT2D eigenvalue weighted by atomic mass is 10.1. The Morgan fingerprint density at radius 1 is 1.00 bits per heavy atom. The number of hydrogen-bond donors (Lipinski definition) is 0. The number of nitrogens with zero attached hydrogens (tertiary/aromatic N) is 1. The smallest absolute Gasteiger partial charge is 0.136 e. The first-order valence-electron chi connectivity index (χ1n) is 5.11. The van der Waals surface area contributed by atoms with E-state index in [1.165, 1.54) is 5.56 Å². The first kappa shape index (κ1) is 8.99. The first-order chi connectivity index (χ1) is 7.78. The van der Waals surface area contributed by atoms with Crippen molar-refractivity contribution < 1.29 is 4.42 Å². The largest absolute Gasteiger partial charge is 0.456 e. The monoisotopic (exact) mass is 207 g/mol. The maximum atomic E-state index is 8.82. The van der Waals surface area contributed by atoms with Crippen LogP contribution in [0.4, 0.5) is 0 Å². The van der Waals surface area contributed by atoms with E-state index < -0.39 is 0 Å². The van der Waals surface area contributed by atoms with Crippen LogP contribution in [0, 0.1) is 18.3 Å². The molecule has 1 heterocycles. The van der Waals surface area contributed by atoms with E-state index in [2.05, 4.69) is 19.1 Å². The second-order valence-corrected chi connectivity index (χ2v) is 3.92. The fourth-order valence-corrected chi connectivity index (χ4v) is 1.96. The van der Waals surface area contributed by atoms with Crippen LogP contribution in [-0.2, 0) is 0 Å². The van der Waals surface area contributed by atoms with Crippen molar-refractivity contribution in [3.05, 3.63) is 47.5 Å². The van der Waals surface area contributed by atoms with E-state index in [0.717, 1.165) is 21.9 Å². The minimum Gasteiger partial charge on any atom is -0.456 e. The van der Waals surface area contributed by atoms with Crippen molar-refractivity contribution in [2.45, 2.75) is 6.92 Å². The Hall–Kier alpha value is -2.27. The highest BCUT2D eigenvalue weighted by molar-refractivity contribution is 6.05. The maximum absolute atomic E-state index is 8.82. The van der Waals surface area contributed by atoms with Gasteiger partial charge in [-0.15, -0.1) is 0 Å². The molecule has 0 radical (unpaired) electrons. The summed E-state index contributed by atoms with van der Waals surface area (Å²) in [4.78, 5) is 0. The summed E-state index contributed by atoms with van der Waals surface area (Å²) in [6.07, 6.45) is 0. The first-order valence-corrected chi connectivity index (χ1v) is 5.11. The topological polar surface area (TPSA) is 36.9 Å². The van der Waals surface area contributed by atoms with Gasteiger partial charge in [0.1, 0.15) is 11.2 Å². The predicted octanol–water partition coefficient (Wildman–Crippen LogP) is 3.77. The number of nitriles is 1. The minimum absolute atomic E-state index is 0.628. The van der Waals surface area contributed by atoms with Crippen LogP contribution >= 0.6 is 0 Å². The molecule has 3 aromatic rings. The molecule has 0 saturated carbocycles. The Kier molecular flexibility index (Phi) is 1.75. The van der Waals surface area contributed by atoms with Crippen molar-refractivity contribution in [3.8, 4) is 6.07 Å². The predicted molar refractivity (Wildman–Crippen MR) is 63.2 cm³/mol. The summed E-state index contributed by atoms with van der Waals surface area (Å²) >= 11 is 0. The van der Waals surface area contributed by atoms with E-state index >= 15 is 0 Å². The molecule has 1 aromatic heterocycles. The second kappa shape index (κ2) is 3.11. The number of fused-ring (bicyclic) bond motifs is 3. The number of hydrogen-bond acceptors (Lipinski definition) is 2. The van der Waals surface area contributed by atoms with Gasteiger partial charge in [-0.1, -0.05) is 11.6 Å². The van der Waals surface area contributed by atoms with Gasteiger partial charge in [0, 0.05) is 10.8 Å². The van der Waals surface area contributed by atoms with Gasteiger partial charge in [-0.2, -0.15) is 5.26 Å². The number of benzene rings is 2. The van der Waals surface area contributed by atoms with Crippen molar-refractivity contribution in [2.24, 2.45) is 0 Å². The lowest BCUT2D eigenvalue weighted by Crippen LogP contribution is -1.72. The molecule has 3 rings (SSSR count). The van der Waals surface area contributed by atoms with E-state index in [9.17, 15) is 0 Å². The molecule has 76 valence electrons. The number of aryl methyl sites for hydroxylation is 1. The Morgan fingerprint density at radius 2 is 1.88 bits per heavy atom. The van der Waals surface area contributed by atoms with Gasteiger partial charge >= 0.3 is 0 Å². The van der Waals surface area contributed by atoms with Crippen LogP contribution < -0.4 is 0 Å². The van der Waals surface area contributed by atoms with Gasteiger partial charge < -0.3 is 4.42 Å². The molecule has 16 heavy (non-hydrogen) atoms. The van der Waals surface area contributed by atoms with E-state index in [1.54, 1.807) is 6.07 Å². The van der Waals surface area contributed by atoms with E-state index in [0.29, 0.717) is 5.56 Å². The molecular weight excluding hydrogens is 198 g/mol. The van der Waals surface area contributed by atoms with Crippen LogP contribution in [0.3, 0.4) is 0 Å². The molecule has 0 saturated heterocycles. The fraction of sp³-hybridized carbons (Fsp3) is 0.0714. The van der Waals surface area contributed by atoms with Gasteiger partial charge in [0.2, 0.25) is 0 Å². The maximum Gasteiger partial charge on any atom is 0.136 e. The molecule has 0 N–H and O–H groups in total. The Bertz CT molecular complexity index is 731. The van der Waals surface area contributed by atoms with Crippen LogP contribution in [0.1, 0.15) is 11.1 Å². The molecule has 0 bridgehead atoms. The Balaban J connectivity index is 2.47. The minimum atomic E-state index is 0.628. The molecule has 0 aliphatic carbocycles. The third-order valence-corrected chi connectivity index (χ3v) is 2.76. The standard InChI is InChI=1S/C14H9NO/c1-9-2-5-13-12(6-9)11-4-3-10(8-15)7-14(11)16-13/h2-7H,1H3. The highest BCUT2D eigenvalue weighted by Crippen LogP contribution is 2.29.